The number of aryl methyl sites for hydroxylation is 1. The van der Waals surface area contributed by atoms with Crippen LogP contribution in [0.5, 0.6) is 0 Å². The molecule has 2 aromatic carbocycles. The number of Topliss-reactive ketones (excluding diaryl/α,β-unsaturated/α-hetero) is 1. The van der Waals surface area contributed by atoms with Crippen molar-refractivity contribution in [1.29, 1.82) is 0 Å². The van der Waals surface area contributed by atoms with Gasteiger partial charge in [-0.25, -0.2) is 0 Å². The van der Waals surface area contributed by atoms with E-state index >= 15 is 0 Å². The Kier molecular flexibility index (Phi) is 5.46. The first kappa shape index (κ1) is 20.0. The molecule has 1 heterocycles. The molecule has 2 aromatic rings. The lowest BCUT2D eigenvalue weighted by Gasteiger charge is -2.49. The lowest BCUT2D eigenvalue weighted by atomic mass is 9.96. The van der Waals surface area contributed by atoms with Crippen LogP contribution in [-0.2, 0) is 4.79 Å². The molecule has 0 aliphatic carbocycles. The Balaban J connectivity index is 2.14. The minimum absolute atomic E-state index is 0.0181. The van der Waals surface area contributed by atoms with Gasteiger partial charge < -0.3 is 0 Å². The van der Waals surface area contributed by atoms with Gasteiger partial charge in [0.2, 0.25) is 0 Å². The molecular formula is C25H31OP. The molecule has 0 spiro atoms. The van der Waals surface area contributed by atoms with Gasteiger partial charge in [-0.2, -0.15) is 0 Å². The molecule has 1 fully saturated rings. The van der Waals surface area contributed by atoms with E-state index in [0.29, 0.717) is 18.6 Å². The van der Waals surface area contributed by atoms with Crippen molar-refractivity contribution in [3.05, 3.63) is 59.7 Å². The van der Waals surface area contributed by atoms with Gasteiger partial charge in [0.25, 0.3) is 0 Å². The van der Waals surface area contributed by atoms with Crippen molar-refractivity contribution >= 4 is 25.1 Å². The SMILES string of the molecule is CC=Cc1ccc(-c2ccccc2P2C(C)(C)CC(=O)CC2(C)C)cc1C. The molecule has 0 amide bonds. The first-order valence-electron chi connectivity index (χ1n) is 9.80. The molecule has 0 unspecified atom stereocenters. The summed E-state index contributed by atoms with van der Waals surface area (Å²) in [4.78, 5) is 12.4. The summed E-state index contributed by atoms with van der Waals surface area (Å²) in [6.45, 7) is 13.4. The van der Waals surface area contributed by atoms with Gasteiger partial charge >= 0.3 is 0 Å². The number of rotatable bonds is 3. The Hall–Kier alpha value is -1.72. The van der Waals surface area contributed by atoms with Crippen LogP contribution in [0, 0.1) is 6.92 Å². The molecule has 0 atom stereocenters. The van der Waals surface area contributed by atoms with Crippen LogP contribution >= 0.6 is 7.92 Å². The molecule has 0 aromatic heterocycles. The second kappa shape index (κ2) is 7.36. The first-order valence-corrected chi connectivity index (χ1v) is 11.1. The molecule has 1 saturated heterocycles. The molecule has 0 N–H and O–H groups in total. The van der Waals surface area contributed by atoms with Crippen molar-refractivity contribution in [3.8, 4) is 11.1 Å². The monoisotopic (exact) mass is 378 g/mol. The topological polar surface area (TPSA) is 17.1 Å². The minimum atomic E-state index is -0.483. The van der Waals surface area contributed by atoms with Crippen molar-refractivity contribution in [1.82, 2.24) is 0 Å². The van der Waals surface area contributed by atoms with Gasteiger partial charge in [0.15, 0.2) is 0 Å². The minimum Gasteiger partial charge on any atom is -0.300 e. The van der Waals surface area contributed by atoms with Gasteiger partial charge in [0, 0.05) is 12.8 Å². The number of carbonyl (C=O) groups is 1. The van der Waals surface area contributed by atoms with E-state index in [2.05, 4.69) is 96.2 Å². The Morgan fingerprint density at radius 1 is 0.963 bits per heavy atom. The molecule has 1 nitrogen and oxygen atoms in total. The highest BCUT2D eigenvalue weighted by atomic mass is 31.1. The number of hydrogen-bond acceptors (Lipinski definition) is 1. The van der Waals surface area contributed by atoms with E-state index in [0.717, 1.165) is 0 Å². The van der Waals surface area contributed by atoms with E-state index in [1.165, 1.54) is 27.6 Å². The average molecular weight is 378 g/mol. The fourth-order valence-electron chi connectivity index (χ4n) is 4.78. The highest BCUT2D eigenvalue weighted by Crippen LogP contribution is 2.65. The highest BCUT2D eigenvalue weighted by Gasteiger charge is 2.48. The Bertz CT molecular complexity index is 869. The van der Waals surface area contributed by atoms with Gasteiger partial charge in [0.1, 0.15) is 5.78 Å². The third-order valence-electron chi connectivity index (χ3n) is 5.54. The summed E-state index contributed by atoms with van der Waals surface area (Å²) in [6.07, 6.45) is 5.63. The lowest BCUT2D eigenvalue weighted by Crippen LogP contribution is -2.43. The van der Waals surface area contributed by atoms with Gasteiger partial charge in [-0.05, 0) is 51.7 Å². The van der Waals surface area contributed by atoms with Crippen molar-refractivity contribution < 1.29 is 4.79 Å². The average Bonchev–Trinajstić information content (AvgIpc) is 2.54. The fraction of sp³-hybridized carbons (Fsp3) is 0.400. The smallest absolute Gasteiger partial charge is 0.134 e. The number of ketones is 1. The molecule has 0 radical (unpaired) electrons. The lowest BCUT2D eigenvalue weighted by molar-refractivity contribution is -0.120. The van der Waals surface area contributed by atoms with Crippen LogP contribution < -0.4 is 5.30 Å². The molecular weight excluding hydrogens is 347 g/mol. The molecule has 3 rings (SSSR count). The number of carbonyl (C=O) groups excluding carboxylic acids is 1. The van der Waals surface area contributed by atoms with Crippen molar-refractivity contribution in [2.45, 2.75) is 64.7 Å². The normalized spacial score (nSPS) is 19.6. The summed E-state index contributed by atoms with van der Waals surface area (Å²) in [5, 5.41) is 1.47. The number of allylic oxidation sites excluding steroid dienone is 1. The molecule has 1 aliphatic heterocycles. The summed E-state index contributed by atoms with van der Waals surface area (Å²) >= 11 is 0. The summed E-state index contributed by atoms with van der Waals surface area (Å²) in [5.41, 5.74) is 5.18. The van der Waals surface area contributed by atoms with Gasteiger partial charge in [-0.15, -0.1) is 0 Å². The second-order valence-electron chi connectivity index (χ2n) is 8.94. The summed E-state index contributed by atoms with van der Waals surface area (Å²) in [7, 11) is -0.483. The molecule has 142 valence electrons. The maximum Gasteiger partial charge on any atom is 0.134 e. The third kappa shape index (κ3) is 3.94. The van der Waals surface area contributed by atoms with E-state index in [-0.39, 0.29) is 10.3 Å². The third-order valence-corrected chi connectivity index (χ3v) is 9.15. The van der Waals surface area contributed by atoms with Crippen molar-refractivity contribution in [2.75, 3.05) is 0 Å². The Morgan fingerprint density at radius 2 is 1.59 bits per heavy atom. The molecule has 2 heteroatoms. The first-order chi connectivity index (χ1) is 12.7. The fourth-order valence-corrected chi connectivity index (χ4v) is 9.07. The van der Waals surface area contributed by atoms with Crippen LogP contribution in [0.1, 0.15) is 58.6 Å². The standard InChI is InChI=1S/C25H31OP/c1-7-10-19-13-14-20(15-18(19)2)22-11-8-9-12-23(22)27-24(3,4)16-21(26)17-25(27,5)6/h7-15H,16-17H2,1-6H3. The summed E-state index contributed by atoms with van der Waals surface area (Å²) in [5.74, 6) is 0.410. The summed E-state index contributed by atoms with van der Waals surface area (Å²) < 4.78 is 0. The predicted molar refractivity (Wildman–Crippen MR) is 120 cm³/mol. The van der Waals surface area contributed by atoms with Gasteiger partial charge in [-0.3, -0.25) is 4.79 Å². The summed E-state index contributed by atoms with van der Waals surface area (Å²) in [6, 6.07) is 15.6. The van der Waals surface area contributed by atoms with Crippen LogP contribution in [0.3, 0.4) is 0 Å². The Morgan fingerprint density at radius 3 is 2.19 bits per heavy atom. The molecule has 0 saturated carbocycles. The van der Waals surface area contributed by atoms with Gasteiger partial charge in [0.05, 0.1) is 0 Å². The van der Waals surface area contributed by atoms with Crippen LogP contribution in [0.2, 0.25) is 0 Å². The predicted octanol–water partition coefficient (Wildman–Crippen LogP) is 6.72. The maximum absolute atomic E-state index is 12.4. The molecule has 0 bridgehead atoms. The van der Waals surface area contributed by atoms with Crippen LogP contribution in [0.15, 0.2) is 48.5 Å². The zero-order valence-corrected chi connectivity index (χ0v) is 18.4. The second-order valence-corrected chi connectivity index (χ2v) is 12.5. The van der Waals surface area contributed by atoms with E-state index in [1.54, 1.807) is 0 Å². The largest absolute Gasteiger partial charge is 0.300 e. The van der Waals surface area contributed by atoms with E-state index < -0.39 is 7.92 Å². The van der Waals surface area contributed by atoms with E-state index in [9.17, 15) is 4.79 Å². The zero-order chi connectivity index (χ0) is 19.8. The number of hydrogen-bond donors (Lipinski definition) is 0. The zero-order valence-electron chi connectivity index (χ0n) is 17.5. The molecule has 27 heavy (non-hydrogen) atoms. The van der Waals surface area contributed by atoms with Gasteiger partial charge in [-0.1, -0.05) is 90.2 Å². The van der Waals surface area contributed by atoms with Crippen LogP contribution in [-0.4, -0.2) is 16.1 Å². The van der Waals surface area contributed by atoms with Crippen molar-refractivity contribution in [2.24, 2.45) is 0 Å². The van der Waals surface area contributed by atoms with E-state index in [4.69, 9.17) is 0 Å². The van der Waals surface area contributed by atoms with Crippen LogP contribution in [0.25, 0.3) is 17.2 Å². The van der Waals surface area contributed by atoms with E-state index in [1.807, 2.05) is 0 Å². The quantitative estimate of drug-likeness (QED) is 0.542. The molecule has 1 aliphatic rings. The number of benzene rings is 2. The van der Waals surface area contributed by atoms with Crippen molar-refractivity contribution in [3.63, 3.8) is 0 Å². The van der Waals surface area contributed by atoms with Crippen LogP contribution in [0.4, 0.5) is 0 Å². The maximum atomic E-state index is 12.4. The Labute approximate surface area is 165 Å². The highest BCUT2D eigenvalue weighted by molar-refractivity contribution is 7.69.